The Bertz CT molecular complexity index is 654. The van der Waals surface area contributed by atoms with E-state index in [1.54, 1.807) is 0 Å². The number of unbranched alkanes of at least 4 members (excludes halogenated alkanes) is 10. The fraction of sp³-hybridized carbons (Fsp3) is 0.933. The molecule has 0 amide bonds. The molecular weight excluding hydrogens is 472 g/mol. The molecule has 0 aromatic carbocycles. The van der Waals surface area contributed by atoms with E-state index in [-0.39, 0.29) is 61.8 Å². The largest absolute Gasteiger partial charge is 0.463 e. The molecule has 7 nitrogen and oxygen atoms in total. The van der Waals surface area contributed by atoms with Crippen molar-refractivity contribution in [3.8, 4) is 0 Å². The molecule has 4 fully saturated rings. The predicted molar refractivity (Wildman–Crippen MR) is 140 cm³/mol. The maximum Gasteiger partial charge on any atom is 0.310 e. The minimum atomic E-state index is -0.494. The molecule has 8 atom stereocenters. The summed E-state index contributed by atoms with van der Waals surface area (Å²) in [6, 6.07) is 0. The van der Waals surface area contributed by atoms with Crippen LogP contribution in [0.25, 0.3) is 0 Å². The third-order valence-electron chi connectivity index (χ3n) is 8.59. The van der Waals surface area contributed by atoms with Crippen LogP contribution in [0, 0.1) is 11.8 Å². The molecular formula is C30H50O7. The lowest BCUT2D eigenvalue weighted by Crippen LogP contribution is -2.38. The molecule has 4 aliphatic rings. The van der Waals surface area contributed by atoms with Crippen molar-refractivity contribution in [1.29, 1.82) is 0 Å². The summed E-state index contributed by atoms with van der Waals surface area (Å²) in [4.78, 5) is 25.9. The number of ether oxygens (including phenoxy) is 5. The van der Waals surface area contributed by atoms with Gasteiger partial charge in [0.05, 0.1) is 36.3 Å². The first-order chi connectivity index (χ1) is 18.1. The lowest BCUT2D eigenvalue weighted by molar-refractivity contribution is -0.162. The van der Waals surface area contributed by atoms with Crippen LogP contribution in [-0.2, 0) is 33.3 Å². The standard InChI is InChI=1S/C30H50O7/c1-3-5-7-9-11-13-15-23-27(35-23)19-33-29(31)21-17-25-26(37-25)18-22(21)30(32)34-20-28-24(36-28)16-14-12-10-8-6-4-2/h21-28H,3-20H2,1-2H3. The molecule has 3 heterocycles. The second-order valence-electron chi connectivity index (χ2n) is 11.7. The van der Waals surface area contributed by atoms with Crippen LogP contribution in [0.5, 0.6) is 0 Å². The van der Waals surface area contributed by atoms with Crippen LogP contribution in [0.1, 0.15) is 117 Å². The molecule has 0 aromatic heterocycles. The summed E-state index contributed by atoms with van der Waals surface area (Å²) in [6.07, 6.45) is 18.9. The fourth-order valence-corrected chi connectivity index (χ4v) is 5.90. The first-order valence-electron chi connectivity index (χ1n) is 15.4. The van der Waals surface area contributed by atoms with E-state index in [2.05, 4.69) is 13.8 Å². The summed E-state index contributed by atoms with van der Waals surface area (Å²) in [6.45, 7) is 5.02. The summed E-state index contributed by atoms with van der Waals surface area (Å²) in [5.74, 6) is -1.61. The van der Waals surface area contributed by atoms with Crippen molar-refractivity contribution >= 4 is 11.9 Å². The van der Waals surface area contributed by atoms with Gasteiger partial charge in [-0.15, -0.1) is 0 Å². The van der Waals surface area contributed by atoms with Gasteiger partial charge in [-0.05, 0) is 25.7 Å². The summed E-state index contributed by atoms with van der Waals surface area (Å²) >= 11 is 0. The number of fused-ring (bicyclic) bond motifs is 1. The first-order valence-corrected chi connectivity index (χ1v) is 15.4. The Hall–Kier alpha value is -1.18. The van der Waals surface area contributed by atoms with E-state index < -0.39 is 11.8 Å². The molecule has 0 bridgehead atoms. The molecule has 212 valence electrons. The van der Waals surface area contributed by atoms with Crippen molar-refractivity contribution in [3.63, 3.8) is 0 Å². The quantitative estimate of drug-likeness (QED) is 0.112. The van der Waals surface area contributed by atoms with Crippen molar-refractivity contribution in [2.75, 3.05) is 13.2 Å². The van der Waals surface area contributed by atoms with Gasteiger partial charge in [-0.3, -0.25) is 9.59 Å². The maximum absolute atomic E-state index is 12.9. The zero-order valence-corrected chi connectivity index (χ0v) is 23.2. The highest BCUT2D eigenvalue weighted by atomic mass is 16.6. The van der Waals surface area contributed by atoms with Gasteiger partial charge >= 0.3 is 11.9 Å². The molecule has 8 unspecified atom stereocenters. The van der Waals surface area contributed by atoms with Crippen molar-refractivity contribution in [1.82, 2.24) is 0 Å². The zero-order valence-electron chi connectivity index (χ0n) is 23.2. The van der Waals surface area contributed by atoms with Gasteiger partial charge in [-0.25, -0.2) is 0 Å². The monoisotopic (exact) mass is 522 g/mol. The van der Waals surface area contributed by atoms with Crippen LogP contribution in [0.2, 0.25) is 0 Å². The molecule has 3 saturated heterocycles. The second kappa shape index (κ2) is 14.8. The number of esters is 2. The molecule has 3 aliphatic heterocycles. The lowest BCUT2D eigenvalue weighted by Gasteiger charge is -2.26. The normalized spacial score (nSPS) is 33.5. The third-order valence-corrected chi connectivity index (χ3v) is 8.59. The first kappa shape index (κ1) is 28.8. The van der Waals surface area contributed by atoms with E-state index in [0.29, 0.717) is 12.8 Å². The lowest BCUT2D eigenvalue weighted by atomic mass is 9.79. The number of carbonyl (C=O) groups excluding carboxylic acids is 2. The Morgan fingerprint density at radius 1 is 0.568 bits per heavy atom. The Morgan fingerprint density at radius 3 is 1.41 bits per heavy atom. The van der Waals surface area contributed by atoms with Crippen LogP contribution in [-0.4, -0.2) is 61.8 Å². The second-order valence-corrected chi connectivity index (χ2v) is 11.7. The van der Waals surface area contributed by atoms with Gasteiger partial charge in [-0.1, -0.05) is 90.9 Å². The topological polar surface area (TPSA) is 90.2 Å². The summed E-state index contributed by atoms with van der Waals surface area (Å²) in [5, 5.41) is 0. The molecule has 7 heteroatoms. The third kappa shape index (κ3) is 9.50. The molecule has 1 aliphatic carbocycles. The van der Waals surface area contributed by atoms with Gasteiger partial charge in [0.15, 0.2) is 0 Å². The number of carbonyl (C=O) groups is 2. The Morgan fingerprint density at radius 2 is 0.973 bits per heavy atom. The Balaban J connectivity index is 1.09. The molecule has 1 saturated carbocycles. The van der Waals surface area contributed by atoms with E-state index in [0.717, 1.165) is 12.8 Å². The van der Waals surface area contributed by atoms with Crippen LogP contribution in [0.3, 0.4) is 0 Å². The molecule has 0 aromatic rings. The van der Waals surface area contributed by atoms with Crippen molar-refractivity contribution in [2.24, 2.45) is 11.8 Å². The van der Waals surface area contributed by atoms with Crippen molar-refractivity contribution in [2.45, 2.75) is 153 Å². The number of hydrogen-bond acceptors (Lipinski definition) is 7. The van der Waals surface area contributed by atoms with E-state index in [4.69, 9.17) is 23.7 Å². The highest BCUT2D eigenvalue weighted by molar-refractivity contribution is 5.82. The smallest absolute Gasteiger partial charge is 0.310 e. The molecule has 37 heavy (non-hydrogen) atoms. The van der Waals surface area contributed by atoms with Crippen LogP contribution < -0.4 is 0 Å². The van der Waals surface area contributed by atoms with Crippen molar-refractivity contribution < 1.29 is 33.3 Å². The van der Waals surface area contributed by atoms with Gasteiger partial charge < -0.3 is 23.7 Å². The van der Waals surface area contributed by atoms with Gasteiger partial charge in [0.25, 0.3) is 0 Å². The van der Waals surface area contributed by atoms with Gasteiger partial charge in [0, 0.05) is 0 Å². The highest BCUT2D eigenvalue weighted by Crippen LogP contribution is 2.44. The van der Waals surface area contributed by atoms with E-state index in [1.807, 2.05) is 0 Å². The summed E-state index contributed by atoms with van der Waals surface area (Å²) in [7, 11) is 0. The van der Waals surface area contributed by atoms with Gasteiger partial charge in [-0.2, -0.15) is 0 Å². The van der Waals surface area contributed by atoms with Gasteiger partial charge in [0.1, 0.15) is 25.4 Å². The van der Waals surface area contributed by atoms with Crippen LogP contribution in [0.4, 0.5) is 0 Å². The van der Waals surface area contributed by atoms with Crippen molar-refractivity contribution in [3.05, 3.63) is 0 Å². The number of hydrogen-bond donors (Lipinski definition) is 0. The molecule has 4 rings (SSSR count). The maximum atomic E-state index is 12.9. The Kier molecular flexibility index (Phi) is 11.6. The van der Waals surface area contributed by atoms with Gasteiger partial charge in [0.2, 0.25) is 0 Å². The minimum Gasteiger partial charge on any atom is -0.463 e. The van der Waals surface area contributed by atoms with E-state index >= 15 is 0 Å². The summed E-state index contributed by atoms with van der Waals surface area (Å²) in [5.41, 5.74) is 0. The van der Waals surface area contributed by atoms with Crippen LogP contribution in [0.15, 0.2) is 0 Å². The van der Waals surface area contributed by atoms with Crippen LogP contribution >= 0.6 is 0 Å². The highest BCUT2D eigenvalue weighted by Gasteiger charge is 2.54. The number of rotatable bonds is 20. The summed E-state index contributed by atoms with van der Waals surface area (Å²) < 4.78 is 28.3. The fourth-order valence-electron chi connectivity index (χ4n) is 5.90. The average Bonchev–Trinajstić information content (AvgIpc) is 3.80. The number of epoxide rings is 3. The predicted octanol–water partition coefficient (Wildman–Crippen LogP) is 5.90. The molecule has 0 radical (unpaired) electrons. The van der Waals surface area contributed by atoms with E-state index in [9.17, 15) is 9.59 Å². The average molecular weight is 523 g/mol. The molecule has 0 N–H and O–H groups in total. The zero-order chi connectivity index (χ0) is 26.0. The van der Waals surface area contributed by atoms with E-state index in [1.165, 1.54) is 77.0 Å². The Labute approximate surface area is 223 Å². The SMILES string of the molecule is CCCCCCCCC1OC1COC(=O)C1CC2OC2CC1C(=O)OCC1OC1CCCCCCCC. The molecule has 0 spiro atoms. The minimum absolute atomic E-state index is 0.00843.